The molecule has 2 N–H and O–H groups in total. The standard InChI is InChI=1S/C12H22N4O2/c1-4-13-12-15-10(2)9-11(16-12)14-5-6-18-8-7-17-3/h9H,4-8H2,1-3H3,(H2,13,14,15,16). The highest BCUT2D eigenvalue weighted by Gasteiger charge is 2.00. The van der Waals surface area contributed by atoms with Crippen LogP contribution in [-0.4, -0.2) is 50.0 Å². The largest absolute Gasteiger partial charge is 0.382 e. The van der Waals surface area contributed by atoms with Gasteiger partial charge in [0.05, 0.1) is 19.8 Å². The molecule has 0 aliphatic carbocycles. The van der Waals surface area contributed by atoms with Gasteiger partial charge in [0.2, 0.25) is 5.95 Å². The molecule has 0 aliphatic rings. The van der Waals surface area contributed by atoms with Gasteiger partial charge in [-0.2, -0.15) is 4.98 Å². The van der Waals surface area contributed by atoms with Crippen LogP contribution in [0.2, 0.25) is 0 Å². The van der Waals surface area contributed by atoms with E-state index in [1.807, 2.05) is 19.9 Å². The van der Waals surface area contributed by atoms with Crippen LogP contribution in [0.1, 0.15) is 12.6 Å². The molecule has 102 valence electrons. The van der Waals surface area contributed by atoms with Crippen LogP contribution in [-0.2, 0) is 9.47 Å². The van der Waals surface area contributed by atoms with Gasteiger partial charge in [0.25, 0.3) is 0 Å². The lowest BCUT2D eigenvalue weighted by molar-refractivity contribution is 0.0759. The van der Waals surface area contributed by atoms with Crippen molar-refractivity contribution in [2.24, 2.45) is 0 Å². The maximum Gasteiger partial charge on any atom is 0.224 e. The van der Waals surface area contributed by atoms with Gasteiger partial charge in [-0.3, -0.25) is 0 Å². The van der Waals surface area contributed by atoms with Gasteiger partial charge in [0.15, 0.2) is 0 Å². The number of methoxy groups -OCH3 is 1. The molecular formula is C12H22N4O2. The highest BCUT2D eigenvalue weighted by Crippen LogP contribution is 2.08. The first-order valence-corrected chi connectivity index (χ1v) is 6.16. The van der Waals surface area contributed by atoms with Gasteiger partial charge in [0, 0.05) is 32.0 Å². The van der Waals surface area contributed by atoms with Crippen molar-refractivity contribution < 1.29 is 9.47 Å². The molecule has 0 bridgehead atoms. The van der Waals surface area contributed by atoms with E-state index in [9.17, 15) is 0 Å². The van der Waals surface area contributed by atoms with Crippen LogP contribution < -0.4 is 10.6 Å². The van der Waals surface area contributed by atoms with Crippen LogP contribution >= 0.6 is 0 Å². The third-order valence-electron chi connectivity index (χ3n) is 2.17. The van der Waals surface area contributed by atoms with Crippen molar-refractivity contribution in [1.82, 2.24) is 9.97 Å². The Morgan fingerprint density at radius 2 is 2.00 bits per heavy atom. The lowest BCUT2D eigenvalue weighted by atomic mass is 10.4. The van der Waals surface area contributed by atoms with E-state index in [-0.39, 0.29) is 0 Å². The van der Waals surface area contributed by atoms with Gasteiger partial charge in [-0.1, -0.05) is 0 Å². The first-order valence-electron chi connectivity index (χ1n) is 6.16. The van der Waals surface area contributed by atoms with Crippen molar-refractivity contribution in [2.75, 3.05) is 50.7 Å². The molecule has 1 rings (SSSR count). The van der Waals surface area contributed by atoms with Gasteiger partial charge >= 0.3 is 0 Å². The fourth-order valence-electron chi connectivity index (χ4n) is 1.39. The average molecular weight is 254 g/mol. The first-order chi connectivity index (χ1) is 8.76. The molecule has 6 heteroatoms. The number of aryl methyl sites for hydroxylation is 1. The molecule has 1 aromatic rings. The number of nitrogens with zero attached hydrogens (tertiary/aromatic N) is 2. The summed E-state index contributed by atoms with van der Waals surface area (Å²) in [7, 11) is 1.66. The molecule has 0 spiro atoms. The molecule has 1 aromatic heterocycles. The molecule has 0 amide bonds. The second kappa shape index (κ2) is 8.66. The smallest absolute Gasteiger partial charge is 0.224 e. The number of nitrogens with one attached hydrogen (secondary N) is 2. The van der Waals surface area contributed by atoms with Crippen molar-refractivity contribution in [2.45, 2.75) is 13.8 Å². The predicted molar refractivity (Wildman–Crippen MR) is 72.1 cm³/mol. The minimum atomic E-state index is 0.615. The Balaban J connectivity index is 2.32. The van der Waals surface area contributed by atoms with Crippen LogP contribution in [0.4, 0.5) is 11.8 Å². The summed E-state index contributed by atoms with van der Waals surface area (Å²) in [5.41, 5.74) is 0.934. The Kier molecular flexibility index (Phi) is 7.05. The number of aromatic nitrogens is 2. The summed E-state index contributed by atoms with van der Waals surface area (Å²) in [5.74, 6) is 1.47. The quantitative estimate of drug-likeness (QED) is 0.647. The molecule has 0 radical (unpaired) electrons. The second-order valence-electron chi connectivity index (χ2n) is 3.78. The summed E-state index contributed by atoms with van der Waals surface area (Å²) in [6.07, 6.45) is 0. The number of hydrogen-bond acceptors (Lipinski definition) is 6. The summed E-state index contributed by atoms with van der Waals surface area (Å²) >= 11 is 0. The summed E-state index contributed by atoms with van der Waals surface area (Å²) in [5, 5.41) is 6.30. The zero-order valence-corrected chi connectivity index (χ0v) is 11.3. The fraction of sp³-hybridized carbons (Fsp3) is 0.667. The zero-order valence-electron chi connectivity index (χ0n) is 11.3. The van der Waals surface area contributed by atoms with Crippen LogP contribution in [0.3, 0.4) is 0 Å². The van der Waals surface area contributed by atoms with E-state index in [1.54, 1.807) is 7.11 Å². The van der Waals surface area contributed by atoms with E-state index < -0.39 is 0 Å². The molecule has 0 saturated carbocycles. The van der Waals surface area contributed by atoms with Crippen molar-refractivity contribution in [3.05, 3.63) is 11.8 Å². The van der Waals surface area contributed by atoms with E-state index in [0.717, 1.165) is 18.1 Å². The minimum Gasteiger partial charge on any atom is -0.382 e. The normalized spacial score (nSPS) is 10.4. The van der Waals surface area contributed by atoms with Gasteiger partial charge in [0.1, 0.15) is 5.82 Å². The number of hydrogen-bond donors (Lipinski definition) is 2. The molecule has 0 atom stereocenters. The number of ether oxygens (including phenoxy) is 2. The van der Waals surface area contributed by atoms with Crippen LogP contribution in [0.25, 0.3) is 0 Å². The van der Waals surface area contributed by atoms with Crippen LogP contribution in [0.15, 0.2) is 6.07 Å². The Morgan fingerprint density at radius 3 is 2.72 bits per heavy atom. The van der Waals surface area contributed by atoms with Crippen LogP contribution in [0.5, 0.6) is 0 Å². The van der Waals surface area contributed by atoms with E-state index >= 15 is 0 Å². The molecule has 6 nitrogen and oxygen atoms in total. The lowest BCUT2D eigenvalue weighted by Crippen LogP contribution is -2.13. The van der Waals surface area contributed by atoms with E-state index in [4.69, 9.17) is 9.47 Å². The highest BCUT2D eigenvalue weighted by atomic mass is 16.5. The van der Waals surface area contributed by atoms with Crippen LogP contribution in [0, 0.1) is 6.92 Å². The molecular weight excluding hydrogens is 232 g/mol. The highest BCUT2D eigenvalue weighted by molar-refractivity contribution is 5.41. The summed E-state index contributed by atoms with van der Waals surface area (Å²) < 4.78 is 10.2. The Hall–Kier alpha value is -1.40. The summed E-state index contributed by atoms with van der Waals surface area (Å²) in [4.78, 5) is 8.63. The fourth-order valence-corrected chi connectivity index (χ4v) is 1.39. The number of rotatable bonds is 9. The molecule has 1 heterocycles. The van der Waals surface area contributed by atoms with Crippen molar-refractivity contribution >= 4 is 11.8 Å². The lowest BCUT2D eigenvalue weighted by Gasteiger charge is -2.09. The van der Waals surface area contributed by atoms with Crippen molar-refractivity contribution in [3.63, 3.8) is 0 Å². The minimum absolute atomic E-state index is 0.615. The van der Waals surface area contributed by atoms with Gasteiger partial charge in [-0.15, -0.1) is 0 Å². The molecule has 0 unspecified atom stereocenters. The molecule has 0 aliphatic heterocycles. The summed E-state index contributed by atoms with van der Waals surface area (Å²) in [6.45, 7) is 7.35. The SMILES string of the molecule is CCNc1nc(C)cc(NCCOCCOC)n1. The van der Waals surface area contributed by atoms with Crippen molar-refractivity contribution in [3.8, 4) is 0 Å². The van der Waals surface area contributed by atoms with Gasteiger partial charge < -0.3 is 20.1 Å². The predicted octanol–water partition coefficient (Wildman–Crippen LogP) is 1.29. The molecule has 0 aromatic carbocycles. The average Bonchev–Trinajstić information content (AvgIpc) is 2.33. The van der Waals surface area contributed by atoms with Gasteiger partial charge in [-0.05, 0) is 13.8 Å². The van der Waals surface area contributed by atoms with Crippen molar-refractivity contribution in [1.29, 1.82) is 0 Å². The topological polar surface area (TPSA) is 68.3 Å². The Morgan fingerprint density at radius 1 is 1.17 bits per heavy atom. The second-order valence-corrected chi connectivity index (χ2v) is 3.78. The molecule has 0 fully saturated rings. The summed E-state index contributed by atoms with van der Waals surface area (Å²) in [6, 6.07) is 1.91. The molecule has 18 heavy (non-hydrogen) atoms. The van der Waals surface area contributed by atoms with Gasteiger partial charge in [-0.25, -0.2) is 4.98 Å². The third-order valence-corrected chi connectivity index (χ3v) is 2.17. The zero-order chi connectivity index (χ0) is 13.2. The molecule has 0 saturated heterocycles. The van der Waals surface area contributed by atoms with E-state index in [0.29, 0.717) is 32.3 Å². The van der Waals surface area contributed by atoms with E-state index in [1.165, 1.54) is 0 Å². The monoisotopic (exact) mass is 254 g/mol. The maximum atomic E-state index is 5.36. The number of anilines is 2. The Labute approximate surface area is 108 Å². The third kappa shape index (κ3) is 5.79. The van der Waals surface area contributed by atoms with E-state index in [2.05, 4.69) is 20.6 Å². The Bertz CT molecular complexity index is 347. The first kappa shape index (κ1) is 14.7. The maximum absolute atomic E-state index is 5.36.